The Morgan fingerprint density at radius 2 is 2.41 bits per heavy atom. The predicted octanol–water partition coefficient (Wildman–Crippen LogP) is 0.557. The molecule has 1 N–H and O–H groups in total. The molecule has 0 radical (unpaired) electrons. The molecular formula is C11H23N3O3. The molecule has 0 bridgehead atoms. The van der Waals surface area contributed by atoms with Crippen LogP contribution >= 0.6 is 0 Å². The number of hydrogen-bond donors (Lipinski definition) is 1. The second kappa shape index (κ2) is 7.58. The van der Waals surface area contributed by atoms with Gasteiger partial charge in [-0.25, -0.2) is 0 Å². The predicted molar refractivity (Wildman–Crippen MR) is 65.5 cm³/mol. The molecule has 0 aliphatic carbocycles. The summed E-state index contributed by atoms with van der Waals surface area (Å²) in [5.74, 6) is 0.518. The highest BCUT2D eigenvalue weighted by Crippen LogP contribution is 2.15. The van der Waals surface area contributed by atoms with Gasteiger partial charge in [0.15, 0.2) is 0 Å². The van der Waals surface area contributed by atoms with Gasteiger partial charge in [-0.3, -0.25) is 20.3 Å². The van der Waals surface area contributed by atoms with E-state index in [1.54, 1.807) is 7.05 Å². The summed E-state index contributed by atoms with van der Waals surface area (Å²) in [5.41, 5.74) is 0. The fraction of sp³-hybridized carbons (Fsp3) is 1.00. The Morgan fingerprint density at radius 3 is 2.88 bits per heavy atom. The van der Waals surface area contributed by atoms with E-state index in [2.05, 4.69) is 17.1 Å². The van der Waals surface area contributed by atoms with Crippen LogP contribution in [0.5, 0.6) is 0 Å². The first-order chi connectivity index (χ1) is 8.17. The molecule has 17 heavy (non-hydrogen) atoms. The van der Waals surface area contributed by atoms with Crippen LogP contribution < -0.4 is 5.32 Å². The maximum atomic E-state index is 10.6. The molecule has 6 nitrogen and oxygen atoms in total. The van der Waals surface area contributed by atoms with E-state index in [1.807, 2.05) is 0 Å². The van der Waals surface area contributed by atoms with E-state index in [0.29, 0.717) is 5.92 Å². The number of nitro groups is 1. The second-order valence-corrected chi connectivity index (χ2v) is 4.54. The number of hydrogen-bond acceptors (Lipinski definition) is 5. The molecule has 2 atom stereocenters. The smallest absolute Gasteiger partial charge is 0.232 e. The normalized spacial score (nSPS) is 21.9. The molecular weight excluding hydrogens is 222 g/mol. The van der Waals surface area contributed by atoms with Gasteiger partial charge in [0, 0.05) is 18.1 Å². The third-order valence-electron chi connectivity index (χ3n) is 3.12. The summed E-state index contributed by atoms with van der Waals surface area (Å²) >= 11 is 0. The summed E-state index contributed by atoms with van der Waals surface area (Å²) in [6.45, 7) is 5.42. The van der Waals surface area contributed by atoms with Crippen molar-refractivity contribution in [3.05, 3.63) is 10.1 Å². The van der Waals surface area contributed by atoms with E-state index in [9.17, 15) is 10.1 Å². The van der Waals surface area contributed by atoms with Crippen molar-refractivity contribution in [3.63, 3.8) is 0 Å². The quantitative estimate of drug-likeness (QED) is 0.384. The zero-order valence-electron chi connectivity index (χ0n) is 10.7. The molecule has 0 saturated carbocycles. The van der Waals surface area contributed by atoms with Gasteiger partial charge in [-0.1, -0.05) is 6.92 Å². The van der Waals surface area contributed by atoms with Crippen LogP contribution in [0.1, 0.15) is 19.8 Å². The van der Waals surface area contributed by atoms with Gasteiger partial charge in [-0.05, 0) is 32.4 Å². The third-order valence-corrected chi connectivity index (χ3v) is 3.12. The van der Waals surface area contributed by atoms with E-state index in [4.69, 9.17) is 4.74 Å². The molecule has 2 unspecified atom stereocenters. The van der Waals surface area contributed by atoms with E-state index < -0.39 is 0 Å². The molecule has 0 aromatic heterocycles. The third kappa shape index (κ3) is 4.97. The molecule has 0 spiro atoms. The molecule has 1 fully saturated rings. The van der Waals surface area contributed by atoms with Crippen molar-refractivity contribution >= 4 is 0 Å². The van der Waals surface area contributed by atoms with Crippen LogP contribution in [0.25, 0.3) is 0 Å². The standard InChI is InChI=1S/C11H23N3O3/c1-3-5-13(7-10-4-6-17-9-10)11(12-2)8-14(15)16/h10-12H,3-9H2,1-2H3. The lowest BCUT2D eigenvalue weighted by atomic mass is 10.1. The second-order valence-electron chi connectivity index (χ2n) is 4.54. The summed E-state index contributed by atoms with van der Waals surface area (Å²) in [6.07, 6.45) is 1.89. The Bertz CT molecular complexity index is 232. The number of rotatable bonds is 8. The zero-order valence-corrected chi connectivity index (χ0v) is 10.7. The lowest BCUT2D eigenvalue weighted by Gasteiger charge is -2.30. The topological polar surface area (TPSA) is 67.6 Å². The van der Waals surface area contributed by atoms with Gasteiger partial charge in [0.2, 0.25) is 6.54 Å². The first-order valence-electron chi connectivity index (χ1n) is 6.28. The Kier molecular flexibility index (Phi) is 6.39. The fourth-order valence-corrected chi connectivity index (χ4v) is 2.25. The summed E-state index contributed by atoms with van der Waals surface area (Å²) in [6, 6.07) is 0. The minimum absolute atomic E-state index is 0.0515. The number of ether oxygens (including phenoxy) is 1. The number of nitrogens with one attached hydrogen (secondary N) is 1. The molecule has 1 rings (SSSR count). The summed E-state index contributed by atoms with van der Waals surface area (Å²) in [5, 5.41) is 13.7. The van der Waals surface area contributed by atoms with Crippen molar-refractivity contribution in [2.24, 2.45) is 5.92 Å². The van der Waals surface area contributed by atoms with Crippen LogP contribution in [0.4, 0.5) is 0 Å². The minimum atomic E-state index is -0.255. The monoisotopic (exact) mass is 245 g/mol. The molecule has 1 aliphatic heterocycles. The van der Waals surface area contributed by atoms with Crippen LogP contribution in [0, 0.1) is 16.0 Å². The van der Waals surface area contributed by atoms with Crippen LogP contribution in [-0.2, 0) is 4.74 Å². The Labute approximate surface area is 102 Å². The zero-order chi connectivity index (χ0) is 12.7. The maximum absolute atomic E-state index is 10.6. The van der Waals surface area contributed by atoms with Gasteiger partial charge < -0.3 is 4.74 Å². The molecule has 6 heteroatoms. The Morgan fingerprint density at radius 1 is 1.65 bits per heavy atom. The number of nitrogens with zero attached hydrogens (tertiary/aromatic N) is 2. The lowest BCUT2D eigenvalue weighted by Crippen LogP contribution is -2.50. The highest BCUT2D eigenvalue weighted by Gasteiger charge is 2.25. The molecule has 0 aromatic carbocycles. The van der Waals surface area contributed by atoms with Crippen LogP contribution in [0.15, 0.2) is 0 Å². The van der Waals surface area contributed by atoms with Crippen molar-refractivity contribution in [1.82, 2.24) is 10.2 Å². The Balaban J connectivity index is 2.50. The first kappa shape index (κ1) is 14.3. The van der Waals surface area contributed by atoms with Gasteiger partial charge in [0.25, 0.3) is 0 Å². The van der Waals surface area contributed by atoms with Crippen molar-refractivity contribution < 1.29 is 9.66 Å². The highest BCUT2D eigenvalue weighted by atomic mass is 16.6. The van der Waals surface area contributed by atoms with Gasteiger partial charge in [-0.2, -0.15) is 0 Å². The molecule has 100 valence electrons. The average Bonchev–Trinajstić information content (AvgIpc) is 2.78. The molecule has 0 amide bonds. The average molecular weight is 245 g/mol. The van der Waals surface area contributed by atoms with Crippen LogP contribution in [-0.4, -0.2) is 55.9 Å². The summed E-state index contributed by atoms with van der Waals surface area (Å²) in [7, 11) is 1.78. The van der Waals surface area contributed by atoms with Crippen molar-refractivity contribution in [3.8, 4) is 0 Å². The maximum Gasteiger partial charge on any atom is 0.232 e. The van der Waals surface area contributed by atoms with E-state index in [1.165, 1.54) is 0 Å². The van der Waals surface area contributed by atoms with Gasteiger partial charge in [0.1, 0.15) is 6.17 Å². The van der Waals surface area contributed by atoms with Gasteiger partial charge in [0.05, 0.1) is 6.61 Å². The van der Waals surface area contributed by atoms with E-state index >= 15 is 0 Å². The molecule has 1 saturated heterocycles. The molecule has 0 aromatic rings. The lowest BCUT2D eigenvalue weighted by molar-refractivity contribution is -0.488. The number of likely N-dealkylation sites (N-methyl/N-ethyl adjacent to an activating group) is 1. The first-order valence-corrected chi connectivity index (χ1v) is 6.28. The highest BCUT2D eigenvalue weighted by molar-refractivity contribution is 4.74. The summed E-state index contributed by atoms with van der Waals surface area (Å²) in [4.78, 5) is 12.5. The largest absolute Gasteiger partial charge is 0.381 e. The van der Waals surface area contributed by atoms with Crippen molar-refractivity contribution in [2.75, 3.05) is 39.9 Å². The SMILES string of the molecule is CCCN(CC1CCOC1)C(C[N+](=O)[O-])NC. The Hall–Kier alpha value is -0.720. The van der Waals surface area contributed by atoms with Crippen molar-refractivity contribution in [1.29, 1.82) is 0 Å². The van der Waals surface area contributed by atoms with Crippen LogP contribution in [0.2, 0.25) is 0 Å². The molecule has 1 heterocycles. The van der Waals surface area contributed by atoms with Gasteiger partial charge in [-0.15, -0.1) is 0 Å². The minimum Gasteiger partial charge on any atom is -0.381 e. The van der Waals surface area contributed by atoms with E-state index in [0.717, 1.165) is 39.1 Å². The fourth-order valence-electron chi connectivity index (χ4n) is 2.25. The molecule has 1 aliphatic rings. The van der Waals surface area contributed by atoms with Crippen molar-refractivity contribution in [2.45, 2.75) is 25.9 Å². The van der Waals surface area contributed by atoms with E-state index in [-0.39, 0.29) is 17.6 Å². The van der Waals surface area contributed by atoms with Gasteiger partial charge >= 0.3 is 0 Å². The summed E-state index contributed by atoms with van der Waals surface area (Å²) < 4.78 is 5.35. The van der Waals surface area contributed by atoms with Crippen LogP contribution in [0.3, 0.4) is 0 Å².